The van der Waals surface area contributed by atoms with Crippen molar-refractivity contribution in [2.24, 2.45) is 0 Å². The Hall–Kier alpha value is -2.62. The Kier molecular flexibility index (Phi) is 4.27. The molecule has 0 spiro atoms. The van der Waals surface area contributed by atoms with Crippen molar-refractivity contribution in [3.05, 3.63) is 87.6 Å². The number of hydrogen-bond acceptors (Lipinski definition) is 2. The first kappa shape index (κ1) is 16.8. The Labute approximate surface area is 159 Å². The number of allylic oxidation sites excluding steroid dienone is 4. The lowest BCUT2D eigenvalue weighted by Gasteiger charge is -2.12. The van der Waals surface area contributed by atoms with Gasteiger partial charge in [-0.2, -0.15) is 0 Å². The third kappa shape index (κ3) is 2.79. The highest BCUT2D eigenvalue weighted by Crippen LogP contribution is 2.36. The largest absolute Gasteiger partial charge is 0.360 e. The minimum absolute atomic E-state index is 0.103. The van der Waals surface area contributed by atoms with E-state index in [9.17, 15) is 9.59 Å². The molecule has 0 aliphatic heterocycles. The molecule has 128 valence electrons. The third-order valence-corrected chi connectivity index (χ3v) is 5.10. The summed E-state index contributed by atoms with van der Waals surface area (Å²) in [5, 5.41) is 0.608. The van der Waals surface area contributed by atoms with E-state index in [1.165, 1.54) is 5.56 Å². The highest BCUT2D eigenvalue weighted by molar-refractivity contribution is 6.62. The summed E-state index contributed by atoms with van der Waals surface area (Å²) in [6.45, 7) is 0. The highest BCUT2D eigenvalue weighted by Gasteiger charge is 2.29. The normalized spacial score (nSPS) is 14.9. The van der Waals surface area contributed by atoms with Gasteiger partial charge in [-0.3, -0.25) is 9.59 Å². The Morgan fingerprint density at radius 2 is 1.69 bits per heavy atom. The zero-order chi connectivity index (χ0) is 18.3. The SMILES string of the molecule is O=C1C=C(Cl)C(=O)C(c2c[nH]c3c(Cc4ccccc4)cccc23)=C1Cl. The average Bonchev–Trinajstić information content (AvgIpc) is 3.06. The predicted molar refractivity (Wildman–Crippen MR) is 104 cm³/mol. The van der Waals surface area contributed by atoms with Gasteiger partial charge in [-0.1, -0.05) is 71.7 Å². The van der Waals surface area contributed by atoms with Crippen molar-refractivity contribution in [1.82, 2.24) is 4.98 Å². The average molecular weight is 382 g/mol. The number of carbonyl (C=O) groups is 2. The van der Waals surface area contributed by atoms with Crippen LogP contribution >= 0.6 is 23.2 Å². The number of fused-ring (bicyclic) bond motifs is 1. The Bertz CT molecular complexity index is 1110. The van der Waals surface area contributed by atoms with E-state index >= 15 is 0 Å². The lowest BCUT2D eigenvalue weighted by molar-refractivity contribution is -0.113. The molecule has 0 bridgehead atoms. The second-order valence-electron chi connectivity index (χ2n) is 6.08. The summed E-state index contributed by atoms with van der Waals surface area (Å²) in [5.74, 6) is -0.897. The van der Waals surface area contributed by atoms with Crippen LogP contribution < -0.4 is 0 Å². The molecule has 1 aromatic heterocycles. The number of hydrogen-bond donors (Lipinski definition) is 1. The summed E-state index contributed by atoms with van der Waals surface area (Å²) in [5.41, 5.74) is 3.92. The quantitative estimate of drug-likeness (QED) is 0.650. The van der Waals surface area contributed by atoms with Crippen molar-refractivity contribution in [2.45, 2.75) is 6.42 Å². The van der Waals surface area contributed by atoms with Crippen LogP contribution in [0.5, 0.6) is 0 Å². The monoisotopic (exact) mass is 381 g/mol. The Balaban J connectivity index is 1.84. The van der Waals surface area contributed by atoms with Gasteiger partial charge in [-0.25, -0.2) is 0 Å². The number of para-hydroxylation sites is 1. The van der Waals surface area contributed by atoms with Crippen molar-refractivity contribution >= 4 is 51.2 Å². The van der Waals surface area contributed by atoms with Crippen LogP contribution in [-0.4, -0.2) is 16.6 Å². The molecular formula is C21H13Cl2NO2. The van der Waals surface area contributed by atoms with Gasteiger partial charge in [0.1, 0.15) is 0 Å². The van der Waals surface area contributed by atoms with Crippen LogP contribution in [0.15, 0.2) is 70.9 Å². The summed E-state index contributed by atoms with van der Waals surface area (Å²) in [7, 11) is 0. The van der Waals surface area contributed by atoms with Gasteiger partial charge in [-0.05, 0) is 17.5 Å². The third-order valence-electron chi connectivity index (χ3n) is 4.45. The predicted octanol–water partition coefficient (Wildman–Crippen LogP) is 4.98. The fourth-order valence-electron chi connectivity index (χ4n) is 3.21. The number of benzene rings is 2. The van der Waals surface area contributed by atoms with Crippen molar-refractivity contribution < 1.29 is 9.59 Å². The molecule has 1 aliphatic rings. The summed E-state index contributed by atoms with van der Waals surface area (Å²) >= 11 is 12.1. The Morgan fingerprint density at radius 1 is 0.923 bits per heavy atom. The maximum absolute atomic E-state index is 12.5. The minimum atomic E-state index is -0.457. The van der Waals surface area contributed by atoms with E-state index in [1.807, 2.05) is 36.4 Å². The lowest BCUT2D eigenvalue weighted by atomic mass is 9.94. The fourth-order valence-corrected chi connectivity index (χ4v) is 3.65. The number of nitrogens with one attached hydrogen (secondary N) is 1. The van der Waals surface area contributed by atoms with Gasteiger partial charge in [0.15, 0.2) is 5.78 Å². The van der Waals surface area contributed by atoms with Gasteiger partial charge in [0, 0.05) is 28.7 Å². The molecule has 0 radical (unpaired) electrons. The molecule has 3 aromatic rings. The molecule has 4 rings (SSSR count). The number of aromatic nitrogens is 1. The van der Waals surface area contributed by atoms with Crippen LogP contribution in [0.3, 0.4) is 0 Å². The van der Waals surface area contributed by atoms with Crippen molar-refractivity contribution in [1.29, 1.82) is 0 Å². The van der Waals surface area contributed by atoms with E-state index < -0.39 is 11.6 Å². The molecule has 0 amide bonds. The molecule has 2 aromatic carbocycles. The van der Waals surface area contributed by atoms with E-state index in [-0.39, 0.29) is 15.6 Å². The van der Waals surface area contributed by atoms with Crippen LogP contribution in [0, 0.1) is 0 Å². The van der Waals surface area contributed by atoms with E-state index in [0.29, 0.717) is 5.56 Å². The van der Waals surface area contributed by atoms with E-state index in [0.717, 1.165) is 29.0 Å². The molecule has 1 heterocycles. The molecule has 0 saturated carbocycles. The van der Waals surface area contributed by atoms with E-state index in [1.54, 1.807) is 6.20 Å². The van der Waals surface area contributed by atoms with Gasteiger partial charge < -0.3 is 4.98 Å². The van der Waals surface area contributed by atoms with E-state index in [4.69, 9.17) is 23.2 Å². The van der Waals surface area contributed by atoms with Crippen LogP contribution in [0.2, 0.25) is 0 Å². The van der Waals surface area contributed by atoms with Crippen molar-refractivity contribution in [3.8, 4) is 0 Å². The summed E-state index contributed by atoms with van der Waals surface area (Å²) in [6.07, 6.45) is 3.52. The Morgan fingerprint density at radius 3 is 2.46 bits per heavy atom. The second kappa shape index (κ2) is 6.60. The van der Waals surface area contributed by atoms with Crippen molar-refractivity contribution in [3.63, 3.8) is 0 Å². The van der Waals surface area contributed by atoms with Crippen LogP contribution in [-0.2, 0) is 16.0 Å². The molecule has 1 aliphatic carbocycles. The zero-order valence-corrected chi connectivity index (χ0v) is 15.1. The van der Waals surface area contributed by atoms with Crippen LogP contribution in [0.25, 0.3) is 16.5 Å². The standard InChI is InChI=1S/C21H13Cl2NO2/c22-16-10-17(25)19(23)18(21(16)26)15-11-24-20-13(7-4-8-14(15)20)9-12-5-2-1-3-6-12/h1-8,10-11,24H,9H2. The molecule has 0 fully saturated rings. The summed E-state index contributed by atoms with van der Waals surface area (Å²) < 4.78 is 0. The van der Waals surface area contributed by atoms with Gasteiger partial charge in [0.05, 0.1) is 15.6 Å². The van der Waals surface area contributed by atoms with Crippen LogP contribution in [0.1, 0.15) is 16.7 Å². The first-order valence-corrected chi connectivity index (χ1v) is 8.81. The first-order chi connectivity index (χ1) is 12.6. The molecular weight excluding hydrogens is 369 g/mol. The highest BCUT2D eigenvalue weighted by atomic mass is 35.5. The molecule has 0 atom stereocenters. The van der Waals surface area contributed by atoms with Gasteiger partial charge in [0.25, 0.3) is 0 Å². The smallest absolute Gasteiger partial charge is 0.206 e. The second-order valence-corrected chi connectivity index (χ2v) is 6.86. The molecule has 1 N–H and O–H groups in total. The first-order valence-electron chi connectivity index (χ1n) is 8.05. The molecule has 5 heteroatoms. The number of Topliss-reactive ketones (excluding diaryl/α,β-unsaturated/α-hetero) is 1. The maximum atomic E-state index is 12.5. The molecule has 0 saturated heterocycles. The number of H-pyrrole nitrogens is 1. The zero-order valence-electron chi connectivity index (χ0n) is 13.6. The van der Waals surface area contributed by atoms with Gasteiger partial charge >= 0.3 is 0 Å². The summed E-state index contributed by atoms with van der Waals surface area (Å²) in [4.78, 5) is 27.7. The van der Waals surface area contributed by atoms with E-state index in [2.05, 4.69) is 17.1 Å². The topological polar surface area (TPSA) is 49.9 Å². The number of ketones is 2. The number of halogens is 2. The van der Waals surface area contributed by atoms with Gasteiger partial charge in [-0.15, -0.1) is 0 Å². The van der Waals surface area contributed by atoms with Crippen molar-refractivity contribution in [2.75, 3.05) is 0 Å². The number of aromatic amines is 1. The molecule has 0 unspecified atom stereocenters. The fraction of sp³-hybridized carbons (Fsp3) is 0.0476. The lowest BCUT2D eigenvalue weighted by Crippen LogP contribution is -2.13. The number of carbonyl (C=O) groups excluding carboxylic acids is 2. The number of rotatable bonds is 3. The maximum Gasteiger partial charge on any atom is 0.206 e. The van der Waals surface area contributed by atoms with Gasteiger partial charge in [0.2, 0.25) is 5.78 Å². The molecule has 3 nitrogen and oxygen atoms in total. The van der Waals surface area contributed by atoms with Crippen LogP contribution in [0.4, 0.5) is 0 Å². The minimum Gasteiger partial charge on any atom is -0.360 e. The molecule has 26 heavy (non-hydrogen) atoms. The summed E-state index contributed by atoms with van der Waals surface area (Å²) in [6, 6.07) is 16.0.